The maximum absolute atomic E-state index is 11.7. The number of rotatable bonds is 32. The van der Waals surface area contributed by atoms with E-state index in [-0.39, 0.29) is 5.41 Å². The normalized spacial score (nSPS) is 11.2. The predicted octanol–water partition coefficient (Wildman–Crippen LogP) is 21.9. The summed E-state index contributed by atoms with van der Waals surface area (Å²) in [6.45, 7) is 52.4. The second-order valence-corrected chi connectivity index (χ2v) is 31.5. The van der Waals surface area contributed by atoms with E-state index in [0.29, 0.717) is 51.7 Å². The molecular formula is C109H100O18. The van der Waals surface area contributed by atoms with Gasteiger partial charge in [-0.15, -0.1) is 0 Å². The van der Waals surface area contributed by atoms with Crippen LogP contribution < -0.4 is 42.6 Å². The zero-order valence-corrected chi connectivity index (χ0v) is 72.7. The maximum atomic E-state index is 11.7. The van der Waals surface area contributed by atoms with Gasteiger partial charge in [0.2, 0.25) is 0 Å². The molecule has 0 aliphatic rings. The third-order valence-corrected chi connectivity index (χ3v) is 22.2. The fourth-order valence-corrected chi connectivity index (χ4v) is 14.1. The third kappa shape index (κ3) is 23.6. The molecule has 0 spiro atoms. The third-order valence-electron chi connectivity index (χ3n) is 22.2. The predicted molar refractivity (Wildman–Crippen MR) is 493 cm³/mol. The molecule has 18 nitrogen and oxygen atoms in total. The van der Waals surface area contributed by atoms with Gasteiger partial charge in [0.15, 0.2) is 0 Å². The molecular weight excluding hydrogens is 1600 g/mol. The van der Waals surface area contributed by atoms with E-state index in [1.807, 2.05) is 116 Å². The molecule has 0 fully saturated rings. The molecule has 0 saturated heterocycles. The zero-order valence-electron chi connectivity index (χ0n) is 72.7. The summed E-state index contributed by atoms with van der Waals surface area (Å²) in [6, 6.07) is 81.3. The average molecular weight is 1700 g/mol. The Bertz CT molecular complexity index is 5470. The van der Waals surface area contributed by atoms with E-state index < -0.39 is 80.8 Å². The van der Waals surface area contributed by atoms with Gasteiger partial charge in [-0.1, -0.05) is 266 Å². The van der Waals surface area contributed by atoms with Crippen molar-refractivity contribution in [2.45, 2.75) is 102 Å². The largest absolute Gasteiger partial charge is 0.423 e. The number of carbonyl (C=O) groups is 9. The Balaban J connectivity index is 0.000000218. The highest BCUT2D eigenvalue weighted by Gasteiger charge is 2.37. The summed E-state index contributed by atoms with van der Waals surface area (Å²) in [4.78, 5) is 105. The molecule has 0 radical (unpaired) electrons. The highest BCUT2D eigenvalue weighted by atomic mass is 16.6. The Kier molecular flexibility index (Phi) is 31.4. The molecule has 0 unspecified atom stereocenters. The van der Waals surface area contributed by atoms with Gasteiger partial charge in [-0.05, 0) is 201 Å². The van der Waals surface area contributed by atoms with Crippen molar-refractivity contribution in [1.29, 1.82) is 0 Å². The van der Waals surface area contributed by atoms with Crippen molar-refractivity contribution in [2.24, 2.45) is 0 Å². The first-order chi connectivity index (χ1) is 60.4. The number of ether oxygens (including phenoxy) is 9. The fraction of sp³-hybridized carbons (Fsp3) is 0.147. The first-order valence-corrected chi connectivity index (χ1v) is 40.2. The van der Waals surface area contributed by atoms with E-state index in [2.05, 4.69) is 164 Å². The fourth-order valence-electron chi connectivity index (χ4n) is 14.1. The van der Waals surface area contributed by atoms with Gasteiger partial charge in [0.25, 0.3) is 0 Å². The molecule has 127 heavy (non-hydrogen) atoms. The van der Waals surface area contributed by atoms with E-state index in [9.17, 15) is 43.2 Å². The van der Waals surface area contributed by atoms with Gasteiger partial charge in [-0.2, -0.15) is 0 Å². The summed E-state index contributed by atoms with van der Waals surface area (Å²) >= 11 is 0. The van der Waals surface area contributed by atoms with E-state index in [1.54, 1.807) is 109 Å². The summed E-state index contributed by atoms with van der Waals surface area (Å²) in [5.74, 6) is -0.962. The van der Waals surface area contributed by atoms with Crippen LogP contribution in [0.4, 0.5) is 0 Å². The van der Waals surface area contributed by atoms with Crippen LogP contribution in [0.15, 0.2) is 375 Å². The van der Waals surface area contributed by atoms with Crippen molar-refractivity contribution in [3.63, 3.8) is 0 Å². The van der Waals surface area contributed by atoms with E-state index >= 15 is 0 Å². The summed E-state index contributed by atoms with van der Waals surface area (Å²) in [7, 11) is 0. The first-order valence-electron chi connectivity index (χ1n) is 40.2. The topological polar surface area (TPSA) is 237 Å². The lowest BCUT2D eigenvalue weighted by atomic mass is 9.69. The Morgan fingerprint density at radius 3 is 0.378 bits per heavy atom. The maximum Gasteiger partial charge on any atom is 0.335 e. The van der Waals surface area contributed by atoms with Crippen LogP contribution >= 0.6 is 0 Å². The lowest BCUT2D eigenvalue weighted by molar-refractivity contribution is -0.129. The van der Waals surface area contributed by atoms with Gasteiger partial charge in [0.05, 0.1) is 0 Å². The summed E-state index contributed by atoms with van der Waals surface area (Å²) in [5, 5.41) is 0. The second-order valence-electron chi connectivity index (χ2n) is 31.5. The molecule has 0 aliphatic carbocycles. The lowest BCUT2D eigenvalue weighted by Gasteiger charge is -2.35. The number of carbonyl (C=O) groups excluding carboxylic acids is 9. The highest BCUT2D eigenvalue weighted by molar-refractivity contribution is 5.87. The Morgan fingerprint density at radius 2 is 0.260 bits per heavy atom. The molecule has 0 saturated carbocycles. The minimum absolute atomic E-state index is 0.344. The van der Waals surface area contributed by atoms with Gasteiger partial charge in [0.1, 0.15) is 51.7 Å². The smallest absolute Gasteiger partial charge is 0.335 e. The lowest BCUT2D eigenvalue weighted by Crippen LogP contribution is -2.26. The molecule has 18 heteroatoms. The van der Waals surface area contributed by atoms with Crippen LogP contribution in [-0.2, 0) is 75.6 Å². The molecule has 11 aromatic rings. The monoisotopic (exact) mass is 1700 g/mol. The zero-order chi connectivity index (χ0) is 92.6. The Hall–Kier alpha value is -15.7. The van der Waals surface area contributed by atoms with Crippen molar-refractivity contribution < 1.29 is 85.8 Å². The van der Waals surface area contributed by atoms with Crippen molar-refractivity contribution in [3.8, 4) is 51.7 Å². The van der Waals surface area contributed by atoms with Crippen LogP contribution in [0.25, 0.3) is 0 Å². The Morgan fingerprint density at radius 1 is 0.165 bits per heavy atom. The Labute approximate surface area is 741 Å². The van der Waals surface area contributed by atoms with Gasteiger partial charge in [-0.3, -0.25) is 0 Å². The highest BCUT2D eigenvalue weighted by Crippen LogP contribution is 2.46. The molecule has 0 atom stereocenters. The van der Waals surface area contributed by atoms with Gasteiger partial charge in [0, 0.05) is 87.2 Å². The van der Waals surface area contributed by atoms with E-state index in [4.69, 9.17) is 42.6 Å². The molecule has 0 aliphatic heterocycles. The van der Waals surface area contributed by atoms with E-state index in [0.717, 1.165) is 133 Å². The molecule has 11 aromatic carbocycles. The molecule has 644 valence electrons. The molecule has 0 amide bonds. The van der Waals surface area contributed by atoms with Crippen LogP contribution in [-0.4, -0.2) is 53.7 Å². The van der Waals surface area contributed by atoms with Crippen molar-refractivity contribution >= 4 is 53.7 Å². The number of benzene rings is 11. The van der Waals surface area contributed by atoms with Crippen molar-refractivity contribution in [1.82, 2.24) is 0 Å². The molecule has 0 heterocycles. The van der Waals surface area contributed by atoms with Crippen molar-refractivity contribution in [2.75, 3.05) is 0 Å². The van der Waals surface area contributed by atoms with Gasteiger partial charge >= 0.3 is 53.7 Å². The van der Waals surface area contributed by atoms with Crippen LogP contribution in [0.1, 0.15) is 147 Å². The number of esters is 9. The average Bonchev–Trinajstić information content (AvgIpc) is 0.759. The van der Waals surface area contributed by atoms with Gasteiger partial charge in [-0.25, -0.2) is 43.2 Å². The van der Waals surface area contributed by atoms with Crippen LogP contribution in [0, 0.1) is 0 Å². The van der Waals surface area contributed by atoms with Crippen LogP contribution in [0.3, 0.4) is 0 Å². The second kappa shape index (κ2) is 41.9. The van der Waals surface area contributed by atoms with Crippen LogP contribution in [0.2, 0.25) is 0 Å². The first kappa shape index (κ1) is 95.2. The molecule has 0 aromatic heterocycles. The number of hydrogen-bond donors (Lipinski definition) is 0. The summed E-state index contributed by atoms with van der Waals surface area (Å²) < 4.78 is 47.3. The molecule has 11 rings (SSSR count). The van der Waals surface area contributed by atoms with E-state index in [1.165, 1.54) is 0 Å². The SMILES string of the molecule is C=CC(=O)Oc1ccc(C(C)(C)c2cc(C(C)(C)c3ccc(OC(=O)C=C)cc3)cc(C(C)(C)c3ccc(OC(=O)C=C)cc3)c2)cc1.C=CC(=O)Oc1ccc(C(C)(C)c2ccc(C(C)(c3ccc(OC(=O)C=C)cc3)c3ccc(OC(=O)C=C)cc3)cc2)cc1.C=CC(=O)Oc1ccc(C(C)(c2ccc(OC(=O)C=C)cc2)c2ccc(OC(=O)C=C)cc2)cc1. The van der Waals surface area contributed by atoms with Gasteiger partial charge < -0.3 is 42.6 Å². The summed E-state index contributed by atoms with van der Waals surface area (Å²) in [5.41, 5.74) is 11.3. The summed E-state index contributed by atoms with van der Waals surface area (Å²) in [6.07, 6.45) is 10.1. The standard InChI is InChI=1S/C42H42O6.C38H34O6.C29H24O6/c1-10-37(43)46-34-19-13-28(14-20-34)40(4,5)31-25-32(41(6,7)29-15-21-35(22-16-29)47-38(44)11-2)27-33(26-31)42(8,9)30-17-23-36(24-18-30)48-39(45)12-3;1-7-34(39)42-31-20-14-27(15-21-31)37(4,5)26-10-12-28(13-11-26)38(6,29-16-22-32(23-17-29)43-35(40)8-2)30-18-24-33(25-19-30)44-36(41)9-3;1-5-26(30)33-23-14-8-20(9-15-23)29(4,21-10-16-24(17-11-21)34-27(31)6-2)22-12-18-25(19-13-22)35-28(32)7-3/h10-27H,1-3H2,4-9H3;7-25H,1-3H2,4-6H3;5-19H,1-3H2,4H3. The quantitative estimate of drug-likeness (QED) is 0.0165. The minimum Gasteiger partial charge on any atom is -0.423 e. The van der Waals surface area contributed by atoms with Crippen LogP contribution in [0.5, 0.6) is 51.7 Å². The number of hydrogen-bond acceptors (Lipinski definition) is 18. The van der Waals surface area contributed by atoms with Crippen molar-refractivity contribution in [3.05, 3.63) is 453 Å². The molecule has 0 N–H and O–H groups in total. The minimum atomic E-state index is -0.664. The molecule has 0 bridgehead atoms.